The summed E-state index contributed by atoms with van der Waals surface area (Å²) in [6, 6.07) is 5.04. The molecule has 0 aliphatic carbocycles. The van der Waals surface area contributed by atoms with Crippen molar-refractivity contribution < 1.29 is 14.4 Å². The molecule has 0 spiro atoms. The number of rotatable bonds is 2. The van der Waals surface area contributed by atoms with Gasteiger partial charge in [0.05, 0.1) is 0 Å². The fourth-order valence-corrected chi connectivity index (χ4v) is 2.96. The number of nitrogens with zero attached hydrogens (tertiary/aromatic N) is 3. The van der Waals surface area contributed by atoms with Crippen molar-refractivity contribution in [2.75, 3.05) is 37.3 Å². The Morgan fingerprint density at radius 1 is 1.30 bits per heavy atom. The smallest absolute Gasteiger partial charge is 0.327 e. The van der Waals surface area contributed by atoms with E-state index in [1.54, 1.807) is 18.0 Å². The van der Waals surface area contributed by atoms with E-state index in [2.05, 4.69) is 0 Å². The topological polar surface area (TPSA) is 87.0 Å². The zero-order chi connectivity index (χ0) is 15.9. The van der Waals surface area contributed by atoms with Crippen LogP contribution in [0.4, 0.5) is 16.2 Å². The minimum Gasteiger partial charge on any atom is -0.398 e. The van der Waals surface area contributed by atoms with Crippen LogP contribution in [0.2, 0.25) is 0 Å². The summed E-state index contributed by atoms with van der Waals surface area (Å²) in [5, 5.41) is 0. The number of anilines is 2. The van der Waals surface area contributed by atoms with Crippen molar-refractivity contribution in [3.63, 3.8) is 0 Å². The van der Waals surface area contributed by atoms with Crippen LogP contribution in [0.3, 0.4) is 0 Å². The average molecular weight is 339 g/mol. The zero-order valence-electron chi connectivity index (χ0n) is 12.8. The highest BCUT2D eigenvalue weighted by molar-refractivity contribution is 6.07. The standard InChI is InChI=1S/C15H18N4O3.ClH/c1-17-8-13(20)19(15(17)22)9-14(21)18-7-3-4-10-11(16)5-2-6-12(10)18;/h2,5-6H,3-4,7-9,16H2,1H3;1H. The first kappa shape index (κ1) is 17.1. The number of hydrogen-bond donors (Lipinski definition) is 1. The number of likely N-dealkylation sites (N-methyl/N-ethyl adjacent to an activating group) is 1. The normalized spacial score (nSPS) is 17.2. The molecule has 1 saturated heterocycles. The fourth-order valence-electron chi connectivity index (χ4n) is 2.96. The molecule has 2 aliphatic rings. The second kappa shape index (κ2) is 6.45. The summed E-state index contributed by atoms with van der Waals surface area (Å²) in [5.74, 6) is -0.603. The number of hydrogen-bond acceptors (Lipinski definition) is 4. The van der Waals surface area contributed by atoms with E-state index in [0.717, 1.165) is 29.0 Å². The summed E-state index contributed by atoms with van der Waals surface area (Å²) in [4.78, 5) is 40.1. The number of fused-ring (bicyclic) bond motifs is 1. The highest BCUT2D eigenvalue weighted by atomic mass is 35.5. The van der Waals surface area contributed by atoms with E-state index in [1.165, 1.54) is 4.90 Å². The van der Waals surface area contributed by atoms with Gasteiger partial charge in [0.1, 0.15) is 13.1 Å². The van der Waals surface area contributed by atoms with Crippen LogP contribution in [0, 0.1) is 0 Å². The van der Waals surface area contributed by atoms with Gasteiger partial charge in [-0.15, -0.1) is 12.4 Å². The summed E-state index contributed by atoms with van der Waals surface area (Å²) in [7, 11) is 1.54. The lowest BCUT2D eigenvalue weighted by molar-refractivity contribution is -0.129. The summed E-state index contributed by atoms with van der Waals surface area (Å²) in [6.07, 6.45) is 1.64. The van der Waals surface area contributed by atoms with Crippen molar-refractivity contribution in [3.8, 4) is 0 Å². The largest absolute Gasteiger partial charge is 0.398 e. The summed E-state index contributed by atoms with van der Waals surface area (Å²) in [6.45, 7) is 0.368. The van der Waals surface area contributed by atoms with Gasteiger partial charge in [-0.3, -0.25) is 14.5 Å². The number of nitrogen functional groups attached to an aromatic ring is 1. The molecular formula is C15H19ClN4O3. The van der Waals surface area contributed by atoms with E-state index in [9.17, 15) is 14.4 Å². The molecule has 7 nitrogen and oxygen atoms in total. The number of imide groups is 1. The van der Waals surface area contributed by atoms with E-state index in [-0.39, 0.29) is 37.3 Å². The molecule has 2 aliphatic heterocycles. The highest BCUT2D eigenvalue weighted by Gasteiger charge is 2.36. The number of urea groups is 1. The molecular weight excluding hydrogens is 320 g/mol. The molecule has 0 atom stereocenters. The van der Waals surface area contributed by atoms with E-state index in [1.807, 2.05) is 12.1 Å². The molecule has 2 N–H and O–H groups in total. The lowest BCUT2D eigenvalue weighted by atomic mass is 10.00. The van der Waals surface area contributed by atoms with Gasteiger partial charge in [-0.2, -0.15) is 0 Å². The molecule has 0 bridgehead atoms. The Hall–Kier alpha value is -2.28. The molecule has 0 unspecified atom stereocenters. The summed E-state index contributed by atoms with van der Waals surface area (Å²) < 4.78 is 0. The Balaban J connectivity index is 0.00000192. The molecule has 0 aromatic heterocycles. The summed E-state index contributed by atoms with van der Waals surface area (Å²) >= 11 is 0. The average Bonchev–Trinajstić information content (AvgIpc) is 2.73. The van der Waals surface area contributed by atoms with E-state index in [0.29, 0.717) is 12.2 Å². The van der Waals surface area contributed by atoms with Crippen LogP contribution in [-0.4, -0.2) is 54.3 Å². The van der Waals surface area contributed by atoms with Crippen molar-refractivity contribution in [2.24, 2.45) is 0 Å². The Bertz CT molecular complexity index is 664. The van der Waals surface area contributed by atoms with Crippen LogP contribution in [-0.2, 0) is 16.0 Å². The maximum Gasteiger partial charge on any atom is 0.327 e. The van der Waals surface area contributed by atoms with Gasteiger partial charge >= 0.3 is 6.03 Å². The highest BCUT2D eigenvalue weighted by Crippen LogP contribution is 2.31. The van der Waals surface area contributed by atoms with Crippen LogP contribution in [0.15, 0.2) is 18.2 Å². The third-order valence-electron chi connectivity index (χ3n) is 4.11. The molecule has 124 valence electrons. The SMILES string of the molecule is CN1CC(=O)N(CC(=O)N2CCCc3c(N)cccc32)C1=O.Cl. The lowest BCUT2D eigenvalue weighted by Gasteiger charge is -2.31. The maximum absolute atomic E-state index is 12.5. The molecule has 0 saturated carbocycles. The number of nitrogens with two attached hydrogens (primary N) is 1. The minimum atomic E-state index is -0.428. The van der Waals surface area contributed by atoms with Crippen molar-refractivity contribution in [3.05, 3.63) is 23.8 Å². The van der Waals surface area contributed by atoms with Crippen molar-refractivity contribution in [2.45, 2.75) is 12.8 Å². The summed E-state index contributed by atoms with van der Waals surface area (Å²) in [5.41, 5.74) is 8.37. The Kier molecular flexibility index (Phi) is 4.79. The molecule has 0 radical (unpaired) electrons. The second-order valence-electron chi connectivity index (χ2n) is 5.61. The molecule has 3 rings (SSSR count). The number of benzene rings is 1. The molecule has 8 heteroatoms. The molecule has 1 fully saturated rings. The van der Waals surface area contributed by atoms with Crippen LogP contribution >= 0.6 is 12.4 Å². The van der Waals surface area contributed by atoms with Crippen molar-refractivity contribution in [1.29, 1.82) is 0 Å². The van der Waals surface area contributed by atoms with Gasteiger partial charge in [0.15, 0.2) is 0 Å². The van der Waals surface area contributed by atoms with Gasteiger partial charge in [-0.25, -0.2) is 4.79 Å². The first-order valence-corrected chi connectivity index (χ1v) is 7.22. The molecule has 2 heterocycles. The van der Waals surface area contributed by atoms with Crippen LogP contribution in [0.25, 0.3) is 0 Å². The van der Waals surface area contributed by atoms with Gasteiger partial charge < -0.3 is 15.5 Å². The maximum atomic E-state index is 12.5. The van der Waals surface area contributed by atoms with E-state index < -0.39 is 6.03 Å². The van der Waals surface area contributed by atoms with E-state index >= 15 is 0 Å². The van der Waals surface area contributed by atoms with Crippen molar-refractivity contribution >= 4 is 41.6 Å². The van der Waals surface area contributed by atoms with Gasteiger partial charge in [0.25, 0.3) is 5.91 Å². The number of halogens is 1. The quantitative estimate of drug-likeness (QED) is 0.640. The third-order valence-corrected chi connectivity index (χ3v) is 4.11. The number of amides is 4. The van der Waals surface area contributed by atoms with Gasteiger partial charge in [0.2, 0.25) is 5.91 Å². The molecule has 1 aromatic rings. The van der Waals surface area contributed by atoms with E-state index in [4.69, 9.17) is 5.73 Å². The van der Waals surface area contributed by atoms with Crippen molar-refractivity contribution in [1.82, 2.24) is 9.80 Å². The van der Waals surface area contributed by atoms with Crippen LogP contribution < -0.4 is 10.6 Å². The second-order valence-corrected chi connectivity index (χ2v) is 5.61. The zero-order valence-corrected chi connectivity index (χ0v) is 13.6. The van der Waals surface area contributed by atoms with Gasteiger partial charge in [-0.05, 0) is 30.5 Å². The number of carbonyl (C=O) groups is 3. The van der Waals surface area contributed by atoms with Gasteiger partial charge in [0, 0.05) is 25.0 Å². The fraction of sp³-hybridized carbons (Fsp3) is 0.400. The Morgan fingerprint density at radius 3 is 2.70 bits per heavy atom. The van der Waals surface area contributed by atoms with Crippen LogP contribution in [0.5, 0.6) is 0 Å². The minimum absolute atomic E-state index is 0. The lowest BCUT2D eigenvalue weighted by Crippen LogP contribution is -2.45. The Labute approximate surface area is 140 Å². The van der Waals surface area contributed by atoms with Crippen LogP contribution in [0.1, 0.15) is 12.0 Å². The Morgan fingerprint density at radius 2 is 2.04 bits per heavy atom. The first-order valence-electron chi connectivity index (χ1n) is 7.22. The predicted molar refractivity (Wildman–Crippen MR) is 88.5 cm³/mol. The third kappa shape index (κ3) is 2.96. The predicted octanol–water partition coefficient (Wildman–Crippen LogP) is 0.864. The molecule has 1 aromatic carbocycles. The monoisotopic (exact) mass is 338 g/mol. The number of carbonyl (C=O) groups excluding carboxylic acids is 3. The molecule has 23 heavy (non-hydrogen) atoms. The first-order chi connectivity index (χ1) is 10.5. The molecule has 4 amide bonds. The van der Waals surface area contributed by atoms with Gasteiger partial charge in [-0.1, -0.05) is 6.07 Å².